The van der Waals surface area contributed by atoms with Crippen LogP contribution in [0.3, 0.4) is 0 Å². The van der Waals surface area contributed by atoms with Crippen molar-refractivity contribution in [1.29, 1.82) is 0 Å². The summed E-state index contributed by atoms with van der Waals surface area (Å²) < 4.78 is 6.11. The first-order valence-electron chi connectivity index (χ1n) is 9.56. The number of aliphatic hydroxyl groups is 1. The van der Waals surface area contributed by atoms with E-state index in [1.54, 1.807) is 0 Å². The zero-order valence-electron chi connectivity index (χ0n) is 15.4. The summed E-state index contributed by atoms with van der Waals surface area (Å²) >= 11 is 0. The molecule has 2 atom stereocenters. The highest BCUT2D eigenvalue weighted by Gasteiger charge is 2.14. The molecule has 0 fully saturated rings. The predicted octanol–water partition coefficient (Wildman–Crippen LogP) is 4.73. The van der Waals surface area contributed by atoms with Gasteiger partial charge in [-0.25, -0.2) is 0 Å². The van der Waals surface area contributed by atoms with Crippen LogP contribution >= 0.6 is 0 Å². The van der Waals surface area contributed by atoms with E-state index in [2.05, 4.69) is 43.4 Å². The number of hydrogen-bond acceptors (Lipinski definition) is 3. The summed E-state index contributed by atoms with van der Waals surface area (Å²) in [4.78, 5) is 0. The summed E-state index contributed by atoms with van der Waals surface area (Å²) in [5, 5.41) is 16.0. The quantitative estimate of drug-likeness (QED) is 0.548. The summed E-state index contributed by atoms with van der Waals surface area (Å²) in [5.74, 6) is 0.874. The van der Waals surface area contributed by atoms with Crippen molar-refractivity contribution < 1.29 is 9.84 Å². The van der Waals surface area contributed by atoms with Crippen molar-refractivity contribution >= 4 is 10.8 Å². The van der Waals surface area contributed by atoms with Crippen LogP contribution in [0.1, 0.15) is 45.4 Å². The molecule has 0 aliphatic heterocycles. The van der Waals surface area contributed by atoms with Gasteiger partial charge in [-0.05, 0) is 42.3 Å². The highest BCUT2D eigenvalue weighted by molar-refractivity contribution is 5.83. The fourth-order valence-corrected chi connectivity index (χ4v) is 2.99. The van der Waals surface area contributed by atoms with Crippen molar-refractivity contribution in [3.8, 4) is 5.75 Å². The lowest BCUT2D eigenvalue weighted by molar-refractivity contribution is 0.0917. The van der Waals surface area contributed by atoms with Crippen molar-refractivity contribution in [1.82, 2.24) is 5.32 Å². The molecule has 2 N–H and O–H groups in total. The Morgan fingerprint density at radius 2 is 1.88 bits per heavy atom. The zero-order chi connectivity index (χ0) is 17.9. The SMILES string of the molecule is [CH2]CCCCCNCC(O)CC(CC)Oc1ccc2ccccc2c1. The van der Waals surface area contributed by atoms with E-state index in [0.717, 1.165) is 31.6 Å². The molecule has 0 bridgehead atoms. The number of fused-ring (bicyclic) bond motifs is 1. The van der Waals surface area contributed by atoms with Gasteiger partial charge in [0.2, 0.25) is 0 Å². The van der Waals surface area contributed by atoms with Gasteiger partial charge in [-0.2, -0.15) is 0 Å². The van der Waals surface area contributed by atoms with Gasteiger partial charge < -0.3 is 15.2 Å². The molecule has 0 aliphatic rings. The number of rotatable bonds is 12. The number of ether oxygens (including phenoxy) is 1. The Bertz CT molecular complexity index is 614. The van der Waals surface area contributed by atoms with Gasteiger partial charge >= 0.3 is 0 Å². The maximum absolute atomic E-state index is 10.3. The second-order valence-electron chi connectivity index (χ2n) is 6.66. The van der Waals surface area contributed by atoms with E-state index >= 15 is 0 Å². The highest BCUT2D eigenvalue weighted by Crippen LogP contribution is 2.23. The predicted molar refractivity (Wildman–Crippen MR) is 106 cm³/mol. The molecule has 0 aromatic heterocycles. The van der Waals surface area contributed by atoms with E-state index in [4.69, 9.17) is 4.74 Å². The lowest BCUT2D eigenvalue weighted by Crippen LogP contribution is -2.32. The Morgan fingerprint density at radius 1 is 1.08 bits per heavy atom. The molecule has 0 heterocycles. The number of unbranched alkanes of at least 4 members (excludes halogenated alkanes) is 3. The average molecular weight is 343 g/mol. The van der Waals surface area contributed by atoms with E-state index in [-0.39, 0.29) is 12.2 Å². The minimum Gasteiger partial charge on any atom is -0.490 e. The molecular formula is C22H32NO2. The van der Waals surface area contributed by atoms with E-state index in [1.165, 1.54) is 23.6 Å². The minimum absolute atomic E-state index is 0.0316. The first kappa shape index (κ1) is 19.7. The normalized spacial score (nSPS) is 13.7. The van der Waals surface area contributed by atoms with Crippen LogP contribution < -0.4 is 10.1 Å². The molecule has 3 nitrogen and oxygen atoms in total. The van der Waals surface area contributed by atoms with Crippen LogP contribution in [0.25, 0.3) is 10.8 Å². The smallest absolute Gasteiger partial charge is 0.120 e. The maximum atomic E-state index is 10.3. The Hall–Kier alpha value is -1.58. The Labute approximate surface area is 152 Å². The summed E-state index contributed by atoms with van der Waals surface area (Å²) in [6.07, 6.45) is 5.72. The van der Waals surface area contributed by atoms with Gasteiger partial charge in [0, 0.05) is 13.0 Å². The van der Waals surface area contributed by atoms with E-state index < -0.39 is 0 Å². The molecule has 2 rings (SSSR count). The van der Waals surface area contributed by atoms with Gasteiger partial charge in [0.1, 0.15) is 11.9 Å². The summed E-state index contributed by atoms with van der Waals surface area (Å²) in [5.41, 5.74) is 0. The van der Waals surface area contributed by atoms with Gasteiger partial charge in [0.15, 0.2) is 0 Å². The zero-order valence-corrected chi connectivity index (χ0v) is 15.4. The first-order valence-corrected chi connectivity index (χ1v) is 9.56. The second kappa shape index (κ2) is 11.1. The lowest BCUT2D eigenvalue weighted by Gasteiger charge is -2.21. The van der Waals surface area contributed by atoms with Crippen LogP contribution in [-0.2, 0) is 0 Å². The van der Waals surface area contributed by atoms with Crippen LogP contribution in [0.5, 0.6) is 5.75 Å². The van der Waals surface area contributed by atoms with Crippen LogP contribution in [0.4, 0.5) is 0 Å². The van der Waals surface area contributed by atoms with Crippen LogP contribution in [0.15, 0.2) is 42.5 Å². The van der Waals surface area contributed by atoms with Crippen molar-refractivity contribution in [3.63, 3.8) is 0 Å². The summed E-state index contributed by atoms with van der Waals surface area (Å²) in [6.45, 7) is 7.54. The standard InChI is InChI=1S/C22H32NO2/c1-3-5-6-9-14-23-17-20(24)16-21(4-2)25-22-13-12-18-10-7-8-11-19(18)15-22/h7-8,10-13,15,20-21,23-24H,1,3-6,9,14,16-17H2,2H3. The number of benzene rings is 2. The molecule has 2 aromatic rings. The number of aliphatic hydroxyl groups excluding tert-OH is 1. The molecule has 0 spiro atoms. The largest absolute Gasteiger partial charge is 0.490 e. The average Bonchev–Trinajstić information content (AvgIpc) is 2.64. The van der Waals surface area contributed by atoms with Crippen molar-refractivity contribution in [2.24, 2.45) is 0 Å². The molecule has 0 saturated heterocycles. The van der Waals surface area contributed by atoms with E-state index in [1.807, 2.05) is 18.2 Å². The third-order valence-corrected chi connectivity index (χ3v) is 4.50. The van der Waals surface area contributed by atoms with Gasteiger partial charge in [-0.1, -0.05) is 63.4 Å². The molecule has 1 radical (unpaired) electrons. The maximum Gasteiger partial charge on any atom is 0.120 e. The molecular weight excluding hydrogens is 310 g/mol. The number of hydrogen-bond donors (Lipinski definition) is 2. The Kier molecular flexibility index (Phi) is 8.78. The monoisotopic (exact) mass is 342 g/mol. The number of nitrogens with one attached hydrogen (secondary N) is 1. The fraction of sp³-hybridized carbons (Fsp3) is 0.500. The summed E-state index contributed by atoms with van der Waals surface area (Å²) in [6, 6.07) is 14.4. The molecule has 3 heteroatoms. The van der Waals surface area contributed by atoms with E-state index in [0.29, 0.717) is 13.0 Å². The van der Waals surface area contributed by atoms with Gasteiger partial charge in [0.25, 0.3) is 0 Å². The minimum atomic E-state index is -0.377. The third-order valence-electron chi connectivity index (χ3n) is 4.50. The topological polar surface area (TPSA) is 41.5 Å². The Morgan fingerprint density at radius 3 is 2.64 bits per heavy atom. The molecule has 0 amide bonds. The lowest BCUT2D eigenvalue weighted by atomic mass is 10.1. The molecule has 2 unspecified atom stereocenters. The molecule has 25 heavy (non-hydrogen) atoms. The van der Waals surface area contributed by atoms with Gasteiger partial charge in [-0.3, -0.25) is 0 Å². The fourth-order valence-electron chi connectivity index (χ4n) is 2.99. The van der Waals surface area contributed by atoms with Crippen LogP contribution in [0.2, 0.25) is 0 Å². The van der Waals surface area contributed by atoms with Gasteiger partial charge in [-0.15, -0.1) is 0 Å². The Balaban J connectivity index is 1.76. The highest BCUT2D eigenvalue weighted by atomic mass is 16.5. The molecule has 0 aliphatic carbocycles. The molecule has 2 aromatic carbocycles. The molecule has 137 valence electrons. The van der Waals surface area contributed by atoms with Crippen LogP contribution in [0, 0.1) is 6.92 Å². The van der Waals surface area contributed by atoms with Crippen molar-refractivity contribution in [2.75, 3.05) is 13.1 Å². The van der Waals surface area contributed by atoms with Gasteiger partial charge in [0.05, 0.1) is 6.10 Å². The van der Waals surface area contributed by atoms with Crippen LogP contribution in [-0.4, -0.2) is 30.4 Å². The second-order valence-corrected chi connectivity index (χ2v) is 6.66. The third kappa shape index (κ3) is 7.05. The van der Waals surface area contributed by atoms with E-state index in [9.17, 15) is 5.11 Å². The van der Waals surface area contributed by atoms with Crippen molar-refractivity contribution in [2.45, 2.75) is 57.7 Å². The summed E-state index contributed by atoms with van der Waals surface area (Å²) in [7, 11) is 0. The first-order chi connectivity index (χ1) is 12.2. The molecule has 0 saturated carbocycles. The van der Waals surface area contributed by atoms with Crippen molar-refractivity contribution in [3.05, 3.63) is 49.4 Å².